The van der Waals surface area contributed by atoms with Crippen LogP contribution >= 0.6 is 0 Å². The van der Waals surface area contributed by atoms with Crippen LogP contribution in [0.3, 0.4) is 0 Å². The maximum absolute atomic E-state index is 13.2. The summed E-state index contributed by atoms with van der Waals surface area (Å²) in [4.78, 5) is 41.9. The van der Waals surface area contributed by atoms with Gasteiger partial charge in [0.25, 0.3) is 5.91 Å². The van der Waals surface area contributed by atoms with E-state index in [0.717, 1.165) is 42.6 Å². The fourth-order valence-electron chi connectivity index (χ4n) is 4.90. The summed E-state index contributed by atoms with van der Waals surface area (Å²) in [6, 6.07) is 5.18. The normalized spacial score (nSPS) is 22.1. The number of carbonyl (C=O) groups excluding carboxylic acids is 3. The first-order valence-electron chi connectivity index (χ1n) is 12.6. The Morgan fingerprint density at radius 3 is 2.50 bits per heavy atom. The van der Waals surface area contributed by atoms with E-state index in [2.05, 4.69) is 12.2 Å². The van der Waals surface area contributed by atoms with Crippen LogP contribution in [0, 0.1) is 5.92 Å². The van der Waals surface area contributed by atoms with Crippen molar-refractivity contribution in [2.24, 2.45) is 5.92 Å². The maximum Gasteiger partial charge on any atom is 0.325 e. The van der Waals surface area contributed by atoms with Crippen molar-refractivity contribution >= 4 is 17.8 Å². The van der Waals surface area contributed by atoms with E-state index in [0.29, 0.717) is 50.0 Å². The standard InChI is InChI=1S/C26H39N3O5/c1-5-14-28(17-20-8-9-21(34-15-6-2)22(16-20)33-4)23(30)18-29-24(31)26(27-25(29)32)12-10-19(7-3)11-13-26/h8-9,16,19H,5-7,10-15,17-18H2,1-4H3,(H,27,32). The first-order chi connectivity index (χ1) is 16.4. The number of hydrogen-bond donors (Lipinski definition) is 1. The minimum Gasteiger partial charge on any atom is -0.493 e. The number of carbonyl (C=O) groups is 3. The highest BCUT2D eigenvalue weighted by Crippen LogP contribution is 2.37. The molecule has 0 unspecified atom stereocenters. The second-order valence-electron chi connectivity index (χ2n) is 9.40. The predicted molar refractivity (Wildman–Crippen MR) is 130 cm³/mol. The molecular weight excluding hydrogens is 434 g/mol. The maximum atomic E-state index is 13.2. The van der Waals surface area contributed by atoms with E-state index in [1.165, 1.54) is 0 Å². The SMILES string of the molecule is CCCOc1ccc(CN(CCC)C(=O)CN2C(=O)NC3(CCC(CC)CC3)C2=O)cc1OC. The second kappa shape index (κ2) is 11.6. The molecule has 1 spiro atoms. The van der Waals surface area contributed by atoms with Gasteiger partial charge >= 0.3 is 6.03 Å². The zero-order valence-corrected chi connectivity index (χ0v) is 21.0. The molecule has 1 aromatic carbocycles. The van der Waals surface area contributed by atoms with Crippen molar-refractivity contribution in [3.05, 3.63) is 23.8 Å². The van der Waals surface area contributed by atoms with Crippen molar-refractivity contribution in [1.29, 1.82) is 0 Å². The summed E-state index contributed by atoms with van der Waals surface area (Å²) < 4.78 is 11.2. The Balaban J connectivity index is 1.68. The molecule has 188 valence electrons. The molecule has 1 saturated heterocycles. The molecule has 1 N–H and O–H groups in total. The van der Waals surface area contributed by atoms with E-state index in [1.807, 2.05) is 32.0 Å². The fraction of sp³-hybridized carbons (Fsp3) is 0.654. The largest absolute Gasteiger partial charge is 0.493 e. The summed E-state index contributed by atoms with van der Waals surface area (Å²) in [6.45, 7) is 7.45. The molecule has 0 atom stereocenters. The molecule has 8 nitrogen and oxygen atoms in total. The molecule has 0 aromatic heterocycles. The third-order valence-electron chi connectivity index (χ3n) is 6.98. The zero-order valence-electron chi connectivity index (χ0n) is 21.0. The van der Waals surface area contributed by atoms with E-state index in [-0.39, 0.29) is 18.4 Å². The predicted octanol–water partition coefficient (Wildman–Crippen LogP) is 4.11. The van der Waals surface area contributed by atoms with Crippen LogP contribution in [0.1, 0.15) is 71.3 Å². The third-order valence-corrected chi connectivity index (χ3v) is 6.98. The molecule has 3 rings (SSSR count). The summed E-state index contributed by atoms with van der Waals surface area (Å²) in [5, 5.41) is 2.91. The summed E-state index contributed by atoms with van der Waals surface area (Å²) in [5.41, 5.74) is 0.0642. The van der Waals surface area contributed by atoms with Crippen molar-refractivity contribution in [1.82, 2.24) is 15.1 Å². The monoisotopic (exact) mass is 473 g/mol. The van der Waals surface area contributed by atoms with Gasteiger partial charge in [0.15, 0.2) is 11.5 Å². The number of hydrogen-bond acceptors (Lipinski definition) is 5. The van der Waals surface area contributed by atoms with E-state index in [9.17, 15) is 14.4 Å². The van der Waals surface area contributed by atoms with E-state index >= 15 is 0 Å². The van der Waals surface area contributed by atoms with Crippen molar-refractivity contribution in [2.75, 3.05) is 26.8 Å². The lowest BCUT2D eigenvalue weighted by atomic mass is 9.75. The van der Waals surface area contributed by atoms with Crippen molar-refractivity contribution in [2.45, 2.75) is 77.8 Å². The van der Waals surface area contributed by atoms with Crippen LogP contribution < -0.4 is 14.8 Å². The van der Waals surface area contributed by atoms with Crippen LogP contribution in [0.4, 0.5) is 4.79 Å². The van der Waals surface area contributed by atoms with Gasteiger partial charge in [-0.25, -0.2) is 4.79 Å². The minimum absolute atomic E-state index is 0.238. The highest BCUT2D eigenvalue weighted by atomic mass is 16.5. The van der Waals surface area contributed by atoms with Crippen molar-refractivity contribution in [3.8, 4) is 11.5 Å². The Labute approximate surface area is 202 Å². The molecule has 1 aliphatic heterocycles. The molecule has 0 radical (unpaired) electrons. The van der Waals surface area contributed by atoms with Gasteiger partial charge in [-0.3, -0.25) is 14.5 Å². The number of nitrogens with one attached hydrogen (secondary N) is 1. The molecule has 2 fully saturated rings. The van der Waals surface area contributed by atoms with E-state index < -0.39 is 11.6 Å². The lowest BCUT2D eigenvalue weighted by Crippen LogP contribution is -2.50. The number of amides is 4. The molecule has 2 aliphatic rings. The number of rotatable bonds is 11. The Morgan fingerprint density at radius 2 is 1.88 bits per heavy atom. The number of benzene rings is 1. The number of methoxy groups -OCH3 is 1. The number of ether oxygens (including phenoxy) is 2. The van der Waals surface area contributed by atoms with Crippen LogP contribution in [0.2, 0.25) is 0 Å². The Morgan fingerprint density at radius 1 is 1.15 bits per heavy atom. The average Bonchev–Trinajstić information content (AvgIpc) is 3.07. The first kappa shape index (κ1) is 25.8. The molecular formula is C26H39N3O5. The van der Waals surface area contributed by atoms with Crippen LogP contribution in [0.5, 0.6) is 11.5 Å². The molecule has 8 heteroatoms. The Bertz CT molecular complexity index is 879. The van der Waals surface area contributed by atoms with Crippen LogP contribution in [-0.2, 0) is 16.1 Å². The van der Waals surface area contributed by atoms with Crippen LogP contribution in [-0.4, -0.2) is 60.0 Å². The number of urea groups is 1. The lowest BCUT2D eigenvalue weighted by Gasteiger charge is -2.34. The Kier molecular flexibility index (Phi) is 8.80. The van der Waals surface area contributed by atoms with Gasteiger partial charge in [-0.15, -0.1) is 0 Å². The van der Waals surface area contributed by atoms with Gasteiger partial charge in [-0.05, 0) is 62.1 Å². The van der Waals surface area contributed by atoms with Crippen molar-refractivity contribution < 1.29 is 23.9 Å². The summed E-state index contributed by atoms with van der Waals surface area (Å²) in [6.07, 6.45) is 5.88. The Hall–Kier alpha value is -2.77. The van der Waals surface area contributed by atoms with E-state index in [4.69, 9.17) is 9.47 Å². The van der Waals surface area contributed by atoms with E-state index in [1.54, 1.807) is 12.0 Å². The fourth-order valence-corrected chi connectivity index (χ4v) is 4.90. The molecule has 0 bridgehead atoms. The third kappa shape index (κ3) is 5.65. The highest BCUT2D eigenvalue weighted by molar-refractivity contribution is 6.09. The summed E-state index contributed by atoms with van der Waals surface area (Å²) >= 11 is 0. The minimum atomic E-state index is -0.833. The van der Waals surface area contributed by atoms with Gasteiger partial charge in [-0.2, -0.15) is 0 Å². The average molecular weight is 474 g/mol. The van der Waals surface area contributed by atoms with Gasteiger partial charge in [0.2, 0.25) is 5.91 Å². The van der Waals surface area contributed by atoms with Gasteiger partial charge < -0.3 is 19.7 Å². The smallest absolute Gasteiger partial charge is 0.325 e. The van der Waals surface area contributed by atoms with Crippen LogP contribution in [0.15, 0.2) is 18.2 Å². The molecule has 34 heavy (non-hydrogen) atoms. The molecule has 4 amide bonds. The number of imide groups is 1. The topological polar surface area (TPSA) is 88.2 Å². The van der Waals surface area contributed by atoms with Gasteiger partial charge in [0.1, 0.15) is 12.1 Å². The van der Waals surface area contributed by atoms with Gasteiger partial charge in [-0.1, -0.05) is 33.3 Å². The highest BCUT2D eigenvalue weighted by Gasteiger charge is 2.52. The molecule has 1 aliphatic carbocycles. The van der Waals surface area contributed by atoms with Gasteiger partial charge in [0, 0.05) is 13.1 Å². The van der Waals surface area contributed by atoms with Crippen LogP contribution in [0.25, 0.3) is 0 Å². The first-order valence-corrected chi connectivity index (χ1v) is 12.6. The lowest BCUT2D eigenvalue weighted by molar-refractivity contribution is -0.140. The second-order valence-corrected chi connectivity index (χ2v) is 9.40. The summed E-state index contributed by atoms with van der Waals surface area (Å²) in [7, 11) is 1.59. The van der Waals surface area contributed by atoms with Gasteiger partial charge in [0.05, 0.1) is 13.7 Å². The quantitative estimate of drug-likeness (QED) is 0.489. The van der Waals surface area contributed by atoms with Crippen molar-refractivity contribution in [3.63, 3.8) is 0 Å². The summed E-state index contributed by atoms with van der Waals surface area (Å²) in [5.74, 6) is 1.39. The molecule has 1 saturated carbocycles. The number of nitrogens with zero attached hydrogens (tertiary/aromatic N) is 2. The zero-order chi connectivity index (χ0) is 24.7. The molecule has 1 aromatic rings. The molecule has 1 heterocycles.